The van der Waals surface area contributed by atoms with Gasteiger partial charge in [-0.1, -0.05) is 24.3 Å². The summed E-state index contributed by atoms with van der Waals surface area (Å²) in [5.41, 5.74) is 2.10. The van der Waals surface area contributed by atoms with Gasteiger partial charge in [0.25, 0.3) is 5.91 Å². The number of imidazole rings is 1. The summed E-state index contributed by atoms with van der Waals surface area (Å²) >= 11 is 0. The van der Waals surface area contributed by atoms with E-state index in [4.69, 9.17) is 0 Å². The lowest BCUT2D eigenvalue weighted by molar-refractivity contribution is 0.0600. The van der Waals surface area contributed by atoms with Gasteiger partial charge >= 0.3 is 5.97 Å². The Kier molecular flexibility index (Phi) is 4.38. The third-order valence-corrected chi connectivity index (χ3v) is 3.45. The van der Waals surface area contributed by atoms with E-state index in [-0.39, 0.29) is 5.91 Å². The summed E-state index contributed by atoms with van der Waals surface area (Å²) < 4.78 is 6.37. The number of para-hydroxylation sites is 1. The maximum atomic E-state index is 12.5. The van der Waals surface area contributed by atoms with Gasteiger partial charge in [-0.05, 0) is 30.3 Å². The summed E-state index contributed by atoms with van der Waals surface area (Å²) in [5.74, 6) is -0.779. The molecule has 0 aliphatic heterocycles. The van der Waals surface area contributed by atoms with Gasteiger partial charge in [-0.3, -0.25) is 9.36 Å². The topological polar surface area (TPSA) is 73.2 Å². The molecule has 0 spiro atoms. The summed E-state index contributed by atoms with van der Waals surface area (Å²) in [6.07, 6.45) is 3.07. The minimum absolute atomic E-state index is 0.321. The molecule has 1 aromatic heterocycles. The van der Waals surface area contributed by atoms with Crippen LogP contribution in [0.4, 0.5) is 5.69 Å². The standard InChI is InChI=1S/C18H15N3O3/c1-24-18(23)13-6-5-7-14(10-13)20-17(22)16-11-19-12-21(16)15-8-3-2-4-9-15/h2-12H,1H3,(H,20,22). The number of hydrogen-bond acceptors (Lipinski definition) is 4. The van der Waals surface area contributed by atoms with Gasteiger partial charge in [-0.25, -0.2) is 9.78 Å². The van der Waals surface area contributed by atoms with Crippen LogP contribution in [0.2, 0.25) is 0 Å². The number of nitrogens with zero attached hydrogens (tertiary/aromatic N) is 2. The van der Waals surface area contributed by atoms with Gasteiger partial charge < -0.3 is 10.1 Å². The van der Waals surface area contributed by atoms with Crippen molar-refractivity contribution in [2.45, 2.75) is 0 Å². The third kappa shape index (κ3) is 3.17. The largest absolute Gasteiger partial charge is 0.465 e. The molecule has 0 atom stereocenters. The average molecular weight is 321 g/mol. The fraction of sp³-hybridized carbons (Fsp3) is 0.0556. The molecular weight excluding hydrogens is 306 g/mol. The fourth-order valence-corrected chi connectivity index (χ4v) is 2.29. The van der Waals surface area contributed by atoms with Crippen LogP contribution in [-0.2, 0) is 4.74 Å². The number of benzene rings is 2. The second-order valence-electron chi connectivity index (χ2n) is 5.01. The zero-order chi connectivity index (χ0) is 16.9. The SMILES string of the molecule is COC(=O)c1cccc(NC(=O)c2cncn2-c2ccccc2)c1. The normalized spacial score (nSPS) is 10.2. The molecule has 120 valence electrons. The third-order valence-electron chi connectivity index (χ3n) is 3.45. The van der Waals surface area contributed by atoms with Gasteiger partial charge in [0.2, 0.25) is 0 Å². The summed E-state index contributed by atoms with van der Waals surface area (Å²) in [4.78, 5) is 28.2. The highest BCUT2D eigenvalue weighted by molar-refractivity contribution is 6.04. The predicted octanol–water partition coefficient (Wildman–Crippen LogP) is 2.91. The number of aromatic nitrogens is 2. The van der Waals surface area contributed by atoms with Crippen LogP contribution in [0, 0.1) is 0 Å². The number of ether oxygens (including phenoxy) is 1. The van der Waals surface area contributed by atoms with Gasteiger partial charge in [-0.2, -0.15) is 0 Å². The highest BCUT2D eigenvalue weighted by atomic mass is 16.5. The molecule has 0 unspecified atom stereocenters. The first-order chi connectivity index (χ1) is 11.7. The predicted molar refractivity (Wildman–Crippen MR) is 89.3 cm³/mol. The summed E-state index contributed by atoms with van der Waals surface area (Å²) in [6, 6.07) is 16.0. The van der Waals surface area contributed by atoms with Crippen molar-refractivity contribution < 1.29 is 14.3 Å². The first kappa shape index (κ1) is 15.5. The lowest BCUT2D eigenvalue weighted by Crippen LogP contribution is -2.16. The van der Waals surface area contributed by atoms with Crippen molar-refractivity contribution in [1.82, 2.24) is 9.55 Å². The summed E-state index contributed by atoms with van der Waals surface area (Å²) in [7, 11) is 1.31. The zero-order valence-corrected chi connectivity index (χ0v) is 13.0. The Balaban J connectivity index is 1.84. The van der Waals surface area contributed by atoms with Gasteiger partial charge in [0, 0.05) is 11.4 Å². The average Bonchev–Trinajstić information content (AvgIpc) is 3.12. The highest BCUT2D eigenvalue weighted by Gasteiger charge is 2.14. The van der Waals surface area contributed by atoms with Crippen LogP contribution in [-0.4, -0.2) is 28.5 Å². The minimum Gasteiger partial charge on any atom is -0.465 e. The van der Waals surface area contributed by atoms with E-state index in [0.29, 0.717) is 16.9 Å². The Labute approximate surface area is 138 Å². The van der Waals surface area contributed by atoms with Crippen molar-refractivity contribution in [3.63, 3.8) is 0 Å². The molecule has 0 saturated heterocycles. The van der Waals surface area contributed by atoms with Crippen molar-refractivity contribution >= 4 is 17.6 Å². The molecular formula is C18H15N3O3. The van der Waals surface area contributed by atoms with E-state index in [9.17, 15) is 9.59 Å². The smallest absolute Gasteiger partial charge is 0.337 e. The van der Waals surface area contributed by atoms with Crippen molar-refractivity contribution in [3.8, 4) is 5.69 Å². The molecule has 6 nitrogen and oxygen atoms in total. The van der Waals surface area contributed by atoms with E-state index in [1.165, 1.54) is 13.3 Å². The van der Waals surface area contributed by atoms with Crippen LogP contribution in [0.1, 0.15) is 20.8 Å². The molecule has 0 bridgehead atoms. The van der Waals surface area contributed by atoms with Gasteiger partial charge in [0.1, 0.15) is 5.69 Å². The molecule has 6 heteroatoms. The van der Waals surface area contributed by atoms with Crippen LogP contribution >= 0.6 is 0 Å². The van der Waals surface area contributed by atoms with Crippen LogP contribution in [0.3, 0.4) is 0 Å². The lowest BCUT2D eigenvalue weighted by Gasteiger charge is -2.09. The first-order valence-electron chi connectivity index (χ1n) is 7.26. The van der Waals surface area contributed by atoms with Gasteiger partial charge in [-0.15, -0.1) is 0 Å². The number of methoxy groups -OCH3 is 1. The van der Waals surface area contributed by atoms with Crippen LogP contribution < -0.4 is 5.32 Å². The van der Waals surface area contributed by atoms with Crippen LogP contribution in [0.15, 0.2) is 67.1 Å². The Hall–Kier alpha value is -3.41. The molecule has 0 aliphatic rings. The van der Waals surface area contributed by atoms with Crippen molar-refractivity contribution in [1.29, 1.82) is 0 Å². The fourth-order valence-electron chi connectivity index (χ4n) is 2.29. The van der Waals surface area contributed by atoms with E-state index in [0.717, 1.165) is 5.69 Å². The Morgan fingerprint density at radius 3 is 2.62 bits per heavy atom. The number of esters is 1. The first-order valence-corrected chi connectivity index (χ1v) is 7.26. The van der Waals surface area contributed by atoms with E-state index >= 15 is 0 Å². The number of carbonyl (C=O) groups is 2. The second kappa shape index (κ2) is 6.78. The maximum Gasteiger partial charge on any atom is 0.337 e. The zero-order valence-electron chi connectivity index (χ0n) is 13.0. The molecule has 24 heavy (non-hydrogen) atoms. The molecule has 0 saturated carbocycles. The number of rotatable bonds is 4. The Morgan fingerprint density at radius 2 is 1.88 bits per heavy atom. The molecule has 2 aromatic carbocycles. The van der Waals surface area contributed by atoms with Crippen molar-refractivity contribution in [3.05, 3.63) is 78.4 Å². The number of hydrogen-bond donors (Lipinski definition) is 1. The second-order valence-corrected chi connectivity index (χ2v) is 5.01. The maximum absolute atomic E-state index is 12.5. The monoisotopic (exact) mass is 321 g/mol. The van der Waals surface area contributed by atoms with Crippen LogP contribution in [0.25, 0.3) is 5.69 Å². The molecule has 0 aliphatic carbocycles. The molecule has 3 aromatic rings. The number of amides is 1. The van der Waals surface area contributed by atoms with E-state index in [1.54, 1.807) is 35.2 Å². The van der Waals surface area contributed by atoms with Crippen molar-refractivity contribution in [2.24, 2.45) is 0 Å². The Bertz CT molecular complexity index is 872. The summed E-state index contributed by atoms with van der Waals surface area (Å²) in [5, 5.41) is 2.77. The van der Waals surface area contributed by atoms with Crippen LogP contribution in [0.5, 0.6) is 0 Å². The molecule has 0 fully saturated rings. The minimum atomic E-state index is -0.458. The highest BCUT2D eigenvalue weighted by Crippen LogP contribution is 2.15. The van der Waals surface area contributed by atoms with E-state index < -0.39 is 5.97 Å². The van der Waals surface area contributed by atoms with Gasteiger partial charge in [0.15, 0.2) is 0 Å². The number of anilines is 1. The number of nitrogens with one attached hydrogen (secondary N) is 1. The quantitative estimate of drug-likeness (QED) is 0.750. The molecule has 3 rings (SSSR count). The van der Waals surface area contributed by atoms with E-state index in [1.807, 2.05) is 30.3 Å². The Morgan fingerprint density at radius 1 is 1.08 bits per heavy atom. The van der Waals surface area contributed by atoms with Gasteiger partial charge in [0.05, 0.1) is 25.2 Å². The molecule has 1 N–H and O–H groups in total. The van der Waals surface area contributed by atoms with Crippen molar-refractivity contribution in [2.75, 3.05) is 12.4 Å². The molecule has 0 radical (unpaired) electrons. The molecule has 1 amide bonds. The van der Waals surface area contributed by atoms with E-state index in [2.05, 4.69) is 15.0 Å². The molecule has 1 heterocycles. The lowest BCUT2D eigenvalue weighted by atomic mass is 10.2. The summed E-state index contributed by atoms with van der Waals surface area (Å²) in [6.45, 7) is 0. The number of carbonyl (C=O) groups excluding carboxylic acids is 2.